The molecule has 2 aliphatic heterocycles. The van der Waals surface area contributed by atoms with E-state index in [1.807, 2.05) is 13.0 Å². The van der Waals surface area contributed by atoms with Crippen molar-refractivity contribution in [2.45, 2.75) is 19.8 Å². The van der Waals surface area contributed by atoms with Crippen molar-refractivity contribution < 1.29 is 4.74 Å². The van der Waals surface area contributed by atoms with Crippen molar-refractivity contribution in [1.82, 2.24) is 14.9 Å². The van der Waals surface area contributed by atoms with Gasteiger partial charge in [-0.1, -0.05) is 11.6 Å². The van der Waals surface area contributed by atoms with Crippen LogP contribution in [0.3, 0.4) is 0 Å². The summed E-state index contributed by atoms with van der Waals surface area (Å²) in [6.45, 7) is 9.05. The maximum Gasteiger partial charge on any atom is 0.134 e. The number of aromatic nitrogens is 2. The fraction of sp³-hybridized carbons (Fsp3) is 0.733. The minimum Gasteiger partial charge on any atom is -0.379 e. The maximum absolute atomic E-state index is 6.06. The third-order valence-electron chi connectivity index (χ3n) is 4.26. The second-order valence-electron chi connectivity index (χ2n) is 5.96. The average Bonchev–Trinajstić information content (AvgIpc) is 2.47. The topological polar surface area (TPSA) is 41.5 Å². The number of morpholine rings is 1. The highest BCUT2D eigenvalue weighted by molar-refractivity contribution is 6.29. The lowest BCUT2D eigenvalue weighted by atomic mass is 9.97. The molecule has 2 aliphatic rings. The van der Waals surface area contributed by atoms with Gasteiger partial charge < -0.3 is 9.64 Å². The molecular formula is C15H23ClN4O. The summed E-state index contributed by atoms with van der Waals surface area (Å²) >= 11 is 6.06. The Morgan fingerprint density at radius 2 is 2.10 bits per heavy atom. The molecule has 5 nitrogen and oxygen atoms in total. The summed E-state index contributed by atoms with van der Waals surface area (Å²) in [5.41, 5.74) is 0. The summed E-state index contributed by atoms with van der Waals surface area (Å²) in [4.78, 5) is 13.6. The number of rotatable bonds is 3. The molecule has 0 N–H and O–H groups in total. The van der Waals surface area contributed by atoms with Gasteiger partial charge in [-0.05, 0) is 25.7 Å². The van der Waals surface area contributed by atoms with Crippen LogP contribution in [0, 0.1) is 12.8 Å². The van der Waals surface area contributed by atoms with Crippen LogP contribution in [0.15, 0.2) is 6.07 Å². The van der Waals surface area contributed by atoms with Gasteiger partial charge in [-0.15, -0.1) is 0 Å². The van der Waals surface area contributed by atoms with Crippen molar-refractivity contribution in [1.29, 1.82) is 0 Å². The summed E-state index contributed by atoms with van der Waals surface area (Å²) in [5, 5.41) is 0.535. The first kappa shape index (κ1) is 15.0. The van der Waals surface area contributed by atoms with Crippen molar-refractivity contribution in [3.63, 3.8) is 0 Å². The molecule has 1 aromatic rings. The van der Waals surface area contributed by atoms with Gasteiger partial charge in [0.05, 0.1) is 13.2 Å². The fourth-order valence-corrected chi connectivity index (χ4v) is 3.47. The molecule has 0 bridgehead atoms. The Morgan fingerprint density at radius 3 is 2.86 bits per heavy atom. The predicted octanol–water partition coefficient (Wildman–Crippen LogP) is 1.99. The predicted molar refractivity (Wildman–Crippen MR) is 84.0 cm³/mol. The number of halogens is 1. The molecule has 0 aromatic carbocycles. The number of anilines is 1. The van der Waals surface area contributed by atoms with E-state index in [1.54, 1.807) is 0 Å². The molecule has 3 rings (SSSR count). The Balaban J connectivity index is 1.62. The van der Waals surface area contributed by atoms with Crippen LogP contribution in [0.5, 0.6) is 0 Å². The van der Waals surface area contributed by atoms with Crippen LogP contribution in [-0.2, 0) is 4.74 Å². The first-order chi connectivity index (χ1) is 10.2. The summed E-state index contributed by atoms with van der Waals surface area (Å²) in [5.74, 6) is 2.41. The Labute approximate surface area is 131 Å². The van der Waals surface area contributed by atoms with Crippen molar-refractivity contribution in [2.24, 2.45) is 5.92 Å². The Hall–Kier alpha value is -0.910. The molecule has 0 spiro atoms. The average molecular weight is 311 g/mol. The molecular weight excluding hydrogens is 288 g/mol. The lowest BCUT2D eigenvalue weighted by Crippen LogP contribution is -2.44. The number of piperidine rings is 1. The van der Waals surface area contributed by atoms with E-state index in [2.05, 4.69) is 19.8 Å². The van der Waals surface area contributed by atoms with E-state index in [0.29, 0.717) is 11.1 Å². The van der Waals surface area contributed by atoms with Crippen molar-refractivity contribution in [2.75, 3.05) is 50.8 Å². The van der Waals surface area contributed by atoms with Gasteiger partial charge in [-0.3, -0.25) is 4.90 Å². The Morgan fingerprint density at radius 1 is 1.29 bits per heavy atom. The molecule has 3 heterocycles. The largest absolute Gasteiger partial charge is 0.379 e. The fourth-order valence-electron chi connectivity index (χ4n) is 3.25. The summed E-state index contributed by atoms with van der Waals surface area (Å²) in [6, 6.07) is 1.88. The molecule has 1 unspecified atom stereocenters. The molecule has 0 saturated carbocycles. The highest BCUT2D eigenvalue weighted by atomic mass is 35.5. The first-order valence-corrected chi connectivity index (χ1v) is 8.15. The van der Waals surface area contributed by atoms with Gasteiger partial charge in [0, 0.05) is 38.8 Å². The molecule has 1 atom stereocenters. The van der Waals surface area contributed by atoms with E-state index in [-0.39, 0.29) is 0 Å². The van der Waals surface area contributed by atoms with Gasteiger partial charge in [-0.25, -0.2) is 9.97 Å². The molecule has 21 heavy (non-hydrogen) atoms. The Bertz CT molecular complexity index is 458. The zero-order valence-corrected chi connectivity index (χ0v) is 13.3. The minimum atomic E-state index is 0.535. The number of hydrogen-bond acceptors (Lipinski definition) is 5. The minimum absolute atomic E-state index is 0.535. The first-order valence-electron chi connectivity index (χ1n) is 7.77. The maximum atomic E-state index is 6.06. The third-order valence-corrected chi connectivity index (χ3v) is 4.45. The molecule has 116 valence electrons. The molecule has 0 aliphatic carbocycles. The molecule has 2 saturated heterocycles. The standard InChI is InChI=1S/C15H23ClN4O/c1-12-17-14(16)9-15(18-12)20-4-2-3-13(11-20)10-19-5-7-21-8-6-19/h9,13H,2-8,10-11H2,1H3. The molecule has 0 radical (unpaired) electrons. The van der Waals surface area contributed by atoms with E-state index < -0.39 is 0 Å². The lowest BCUT2D eigenvalue weighted by Gasteiger charge is -2.37. The summed E-state index contributed by atoms with van der Waals surface area (Å²) in [6.07, 6.45) is 2.52. The van der Waals surface area contributed by atoms with Gasteiger partial charge in [0.2, 0.25) is 0 Å². The second-order valence-corrected chi connectivity index (χ2v) is 6.35. The molecule has 0 amide bonds. The lowest BCUT2D eigenvalue weighted by molar-refractivity contribution is 0.0296. The molecule has 1 aromatic heterocycles. The zero-order chi connectivity index (χ0) is 14.7. The van der Waals surface area contributed by atoms with E-state index in [9.17, 15) is 0 Å². The van der Waals surface area contributed by atoms with Gasteiger partial charge in [0.15, 0.2) is 0 Å². The number of ether oxygens (including phenoxy) is 1. The highest BCUT2D eigenvalue weighted by Crippen LogP contribution is 2.24. The van der Waals surface area contributed by atoms with E-state index in [1.165, 1.54) is 12.8 Å². The number of nitrogens with zero attached hydrogens (tertiary/aromatic N) is 4. The van der Waals surface area contributed by atoms with Crippen LogP contribution in [0.4, 0.5) is 5.82 Å². The smallest absolute Gasteiger partial charge is 0.134 e. The SMILES string of the molecule is Cc1nc(Cl)cc(N2CCCC(CN3CCOCC3)C2)n1. The zero-order valence-electron chi connectivity index (χ0n) is 12.6. The van der Waals surface area contributed by atoms with E-state index in [0.717, 1.165) is 57.6 Å². The van der Waals surface area contributed by atoms with Crippen LogP contribution >= 0.6 is 11.6 Å². The van der Waals surface area contributed by atoms with Gasteiger partial charge in [-0.2, -0.15) is 0 Å². The summed E-state index contributed by atoms with van der Waals surface area (Å²) < 4.78 is 5.42. The number of aryl methyl sites for hydroxylation is 1. The van der Waals surface area contributed by atoms with Crippen molar-refractivity contribution in [3.8, 4) is 0 Å². The van der Waals surface area contributed by atoms with Crippen LogP contribution in [0.2, 0.25) is 5.15 Å². The van der Waals surface area contributed by atoms with Crippen LogP contribution in [0.25, 0.3) is 0 Å². The van der Waals surface area contributed by atoms with Gasteiger partial charge >= 0.3 is 0 Å². The van der Waals surface area contributed by atoms with Crippen molar-refractivity contribution >= 4 is 17.4 Å². The number of hydrogen-bond donors (Lipinski definition) is 0. The molecule has 2 fully saturated rings. The van der Waals surface area contributed by atoms with E-state index in [4.69, 9.17) is 16.3 Å². The van der Waals surface area contributed by atoms with Crippen molar-refractivity contribution in [3.05, 3.63) is 17.0 Å². The van der Waals surface area contributed by atoms with E-state index >= 15 is 0 Å². The summed E-state index contributed by atoms with van der Waals surface area (Å²) in [7, 11) is 0. The third kappa shape index (κ3) is 4.05. The quantitative estimate of drug-likeness (QED) is 0.799. The van der Waals surface area contributed by atoms with Crippen LogP contribution < -0.4 is 4.90 Å². The van der Waals surface area contributed by atoms with Crippen LogP contribution in [-0.4, -0.2) is 60.8 Å². The normalized spacial score (nSPS) is 24.3. The van der Waals surface area contributed by atoms with Gasteiger partial charge in [0.25, 0.3) is 0 Å². The Kier molecular flexibility index (Phi) is 4.93. The van der Waals surface area contributed by atoms with Crippen LogP contribution in [0.1, 0.15) is 18.7 Å². The molecule has 6 heteroatoms. The second kappa shape index (κ2) is 6.90. The highest BCUT2D eigenvalue weighted by Gasteiger charge is 2.24. The monoisotopic (exact) mass is 310 g/mol. The van der Waals surface area contributed by atoms with Gasteiger partial charge in [0.1, 0.15) is 16.8 Å².